The number of rotatable bonds is 4. The molecule has 0 atom stereocenters. The first-order valence-electron chi connectivity index (χ1n) is 8.62. The summed E-state index contributed by atoms with van der Waals surface area (Å²) in [4.78, 5) is 20.6. The van der Waals surface area contributed by atoms with E-state index in [0.717, 1.165) is 27.8 Å². The number of carbonyl (C=O) groups is 1. The Morgan fingerprint density at radius 2 is 1.79 bits per heavy atom. The topological polar surface area (TPSA) is 76.1 Å². The minimum atomic E-state index is -0.127. The van der Waals surface area contributed by atoms with Gasteiger partial charge in [0.25, 0.3) is 0 Å². The molecule has 0 spiro atoms. The van der Waals surface area contributed by atoms with Gasteiger partial charge in [-0.15, -0.1) is 12.4 Å². The molecule has 0 aliphatic heterocycles. The lowest BCUT2D eigenvalue weighted by Crippen LogP contribution is -2.06. The number of ether oxygens (including phenoxy) is 1. The Labute approximate surface area is 178 Å². The number of fused-ring (bicyclic) bond motifs is 2. The van der Waals surface area contributed by atoms with E-state index < -0.39 is 0 Å². The highest BCUT2D eigenvalue weighted by Gasteiger charge is 2.13. The van der Waals surface area contributed by atoms with Gasteiger partial charge in [-0.1, -0.05) is 17.7 Å². The van der Waals surface area contributed by atoms with E-state index in [0.29, 0.717) is 22.1 Å². The second-order valence-electron chi connectivity index (χ2n) is 6.26. The molecule has 2 heterocycles. The maximum absolute atomic E-state index is 11.4. The number of halogens is 2. The van der Waals surface area contributed by atoms with Gasteiger partial charge in [0.2, 0.25) is 11.8 Å². The summed E-state index contributed by atoms with van der Waals surface area (Å²) in [6.07, 6.45) is 0. The van der Waals surface area contributed by atoms with E-state index in [2.05, 4.69) is 20.6 Å². The lowest BCUT2D eigenvalue weighted by Gasteiger charge is -2.14. The second-order valence-corrected chi connectivity index (χ2v) is 6.69. The Kier molecular flexibility index (Phi) is 6.06. The molecule has 0 saturated carbocycles. The molecule has 0 fully saturated rings. The molecule has 8 heteroatoms. The number of amides is 1. The van der Waals surface area contributed by atoms with Gasteiger partial charge >= 0.3 is 0 Å². The highest BCUT2D eigenvalue weighted by molar-refractivity contribution is 6.31. The van der Waals surface area contributed by atoms with Crippen LogP contribution in [0.3, 0.4) is 0 Å². The Morgan fingerprint density at radius 1 is 1.00 bits per heavy atom. The molecular formula is C21H18Cl2N4O2. The summed E-state index contributed by atoms with van der Waals surface area (Å²) in [5, 5.41) is 7.70. The number of nitrogens with one attached hydrogen (secondary N) is 2. The van der Waals surface area contributed by atoms with E-state index in [-0.39, 0.29) is 18.3 Å². The van der Waals surface area contributed by atoms with Crippen LogP contribution >= 0.6 is 24.0 Å². The number of hydrogen-bond donors (Lipinski definition) is 2. The fourth-order valence-electron chi connectivity index (χ4n) is 3.04. The van der Waals surface area contributed by atoms with E-state index in [1.54, 1.807) is 13.2 Å². The van der Waals surface area contributed by atoms with Crippen LogP contribution in [0.1, 0.15) is 6.92 Å². The first-order chi connectivity index (χ1) is 13.5. The molecule has 29 heavy (non-hydrogen) atoms. The van der Waals surface area contributed by atoms with Crippen molar-refractivity contribution in [3.8, 4) is 5.88 Å². The van der Waals surface area contributed by atoms with E-state index in [4.69, 9.17) is 16.3 Å². The second kappa shape index (κ2) is 8.51. The summed E-state index contributed by atoms with van der Waals surface area (Å²) < 4.78 is 5.29. The fourth-order valence-corrected chi connectivity index (χ4v) is 3.20. The van der Waals surface area contributed by atoms with Crippen molar-refractivity contribution in [3.05, 3.63) is 59.6 Å². The Morgan fingerprint density at radius 3 is 2.55 bits per heavy atom. The van der Waals surface area contributed by atoms with Crippen molar-refractivity contribution in [2.45, 2.75) is 6.92 Å². The predicted octanol–water partition coefficient (Wildman–Crippen LogP) is 5.57. The van der Waals surface area contributed by atoms with Crippen molar-refractivity contribution in [2.24, 2.45) is 0 Å². The van der Waals surface area contributed by atoms with E-state index in [1.165, 1.54) is 6.92 Å². The van der Waals surface area contributed by atoms with Crippen LogP contribution in [0.5, 0.6) is 5.88 Å². The summed E-state index contributed by atoms with van der Waals surface area (Å²) >= 11 is 6.16. The molecule has 0 bridgehead atoms. The van der Waals surface area contributed by atoms with Crippen molar-refractivity contribution in [1.29, 1.82) is 0 Å². The maximum Gasteiger partial charge on any atom is 0.221 e. The molecule has 1 amide bonds. The Bertz CT molecular complexity index is 1210. The zero-order valence-electron chi connectivity index (χ0n) is 15.7. The molecule has 4 rings (SSSR count). The molecule has 148 valence electrons. The molecule has 0 radical (unpaired) electrons. The average Bonchev–Trinajstić information content (AvgIpc) is 2.67. The number of aromatic nitrogens is 2. The lowest BCUT2D eigenvalue weighted by atomic mass is 10.1. The number of benzene rings is 2. The molecule has 0 aliphatic carbocycles. The van der Waals surface area contributed by atoms with Crippen molar-refractivity contribution in [2.75, 3.05) is 17.7 Å². The van der Waals surface area contributed by atoms with Crippen LogP contribution in [-0.4, -0.2) is 23.0 Å². The van der Waals surface area contributed by atoms with Crippen molar-refractivity contribution < 1.29 is 9.53 Å². The molecular weight excluding hydrogens is 411 g/mol. The molecule has 2 aromatic carbocycles. The van der Waals surface area contributed by atoms with Crippen LogP contribution in [0.15, 0.2) is 54.6 Å². The smallest absolute Gasteiger partial charge is 0.221 e. The highest BCUT2D eigenvalue weighted by atomic mass is 35.5. The van der Waals surface area contributed by atoms with Crippen LogP contribution in [0, 0.1) is 0 Å². The number of nitrogens with zero attached hydrogens (tertiary/aromatic N) is 2. The summed E-state index contributed by atoms with van der Waals surface area (Å²) in [5.74, 6) is 0.371. The van der Waals surface area contributed by atoms with Crippen LogP contribution in [-0.2, 0) is 4.79 Å². The molecule has 0 saturated heterocycles. The molecule has 2 aromatic heterocycles. The van der Waals surface area contributed by atoms with Crippen LogP contribution in [0.2, 0.25) is 5.02 Å². The van der Waals surface area contributed by atoms with Gasteiger partial charge in [-0.3, -0.25) is 4.79 Å². The third-order valence-electron chi connectivity index (χ3n) is 4.22. The van der Waals surface area contributed by atoms with Gasteiger partial charge in [0.15, 0.2) is 0 Å². The number of hydrogen-bond acceptors (Lipinski definition) is 5. The largest absolute Gasteiger partial charge is 0.481 e. The molecule has 6 nitrogen and oxygen atoms in total. The minimum Gasteiger partial charge on any atom is -0.481 e. The normalized spacial score (nSPS) is 10.4. The first kappa shape index (κ1) is 20.6. The number of carbonyl (C=O) groups excluding carboxylic acids is 1. The molecule has 0 aliphatic rings. The average molecular weight is 429 g/mol. The Hall–Kier alpha value is -3.09. The van der Waals surface area contributed by atoms with E-state index in [1.807, 2.05) is 48.5 Å². The predicted molar refractivity (Wildman–Crippen MR) is 120 cm³/mol. The molecule has 2 N–H and O–H groups in total. The highest BCUT2D eigenvalue weighted by Crippen LogP contribution is 2.34. The van der Waals surface area contributed by atoms with Crippen molar-refractivity contribution in [1.82, 2.24) is 9.97 Å². The summed E-state index contributed by atoms with van der Waals surface area (Å²) in [7, 11) is 1.58. The lowest BCUT2D eigenvalue weighted by molar-refractivity contribution is -0.114. The van der Waals surface area contributed by atoms with Gasteiger partial charge in [0.1, 0.15) is 5.52 Å². The maximum atomic E-state index is 11.4. The van der Waals surface area contributed by atoms with Crippen LogP contribution in [0.25, 0.3) is 21.9 Å². The SMILES string of the molecule is COc1ccc2nc3cc(Cl)ccc3c(Nc3cccc(NC(C)=O)c3)c2n1.Cl. The van der Waals surface area contributed by atoms with Crippen LogP contribution < -0.4 is 15.4 Å². The standard InChI is InChI=1S/C21H17ClN4O2.ClH/c1-12(27)23-14-4-3-5-15(11-14)24-20-16-7-6-13(22)10-18(16)25-17-8-9-19(28-2)26-21(17)20;/h3-11H,1-2H3,(H,23,27)(H,24,25);1H. The first-order valence-corrected chi connectivity index (χ1v) is 9.00. The zero-order chi connectivity index (χ0) is 19.7. The quantitative estimate of drug-likeness (QED) is 0.415. The fraction of sp³-hybridized carbons (Fsp3) is 0.0952. The number of anilines is 3. The number of methoxy groups -OCH3 is 1. The van der Waals surface area contributed by atoms with Gasteiger partial charge < -0.3 is 15.4 Å². The van der Waals surface area contributed by atoms with E-state index >= 15 is 0 Å². The zero-order valence-corrected chi connectivity index (χ0v) is 17.3. The van der Waals surface area contributed by atoms with Gasteiger partial charge in [-0.05, 0) is 42.5 Å². The Balaban J connectivity index is 0.00000240. The summed E-state index contributed by atoms with van der Waals surface area (Å²) in [5.41, 5.74) is 4.45. The van der Waals surface area contributed by atoms with Gasteiger partial charge in [-0.2, -0.15) is 0 Å². The summed E-state index contributed by atoms with van der Waals surface area (Å²) in [6, 6.07) is 16.6. The van der Waals surface area contributed by atoms with Crippen molar-refractivity contribution >= 4 is 68.9 Å². The van der Waals surface area contributed by atoms with Gasteiger partial charge in [0, 0.05) is 34.8 Å². The number of pyridine rings is 2. The van der Waals surface area contributed by atoms with Gasteiger partial charge in [-0.25, -0.2) is 9.97 Å². The molecule has 4 aromatic rings. The van der Waals surface area contributed by atoms with Gasteiger partial charge in [0.05, 0.1) is 23.8 Å². The van der Waals surface area contributed by atoms with E-state index in [9.17, 15) is 4.79 Å². The third kappa shape index (κ3) is 4.34. The van der Waals surface area contributed by atoms with Crippen molar-refractivity contribution in [3.63, 3.8) is 0 Å². The monoisotopic (exact) mass is 428 g/mol. The van der Waals surface area contributed by atoms with Crippen LogP contribution in [0.4, 0.5) is 17.1 Å². The third-order valence-corrected chi connectivity index (χ3v) is 4.45. The summed E-state index contributed by atoms with van der Waals surface area (Å²) in [6.45, 7) is 1.48. The minimum absolute atomic E-state index is 0. The molecule has 0 unspecified atom stereocenters.